The summed E-state index contributed by atoms with van der Waals surface area (Å²) in [6, 6.07) is 21.7. The number of furan rings is 1. The van der Waals surface area contributed by atoms with E-state index in [2.05, 4.69) is 15.5 Å². The zero-order valence-corrected chi connectivity index (χ0v) is 17.7. The van der Waals surface area contributed by atoms with Gasteiger partial charge in [0.15, 0.2) is 5.69 Å². The molecule has 4 aromatic rings. The molecule has 2 aromatic carbocycles. The van der Waals surface area contributed by atoms with Crippen molar-refractivity contribution in [1.82, 2.24) is 15.5 Å². The molecular weight excluding hydrogens is 420 g/mol. The van der Waals surface area contributed by atoms with Crippen LogP contribution in [0, 0.1) is 0 Å². The standard InChI is InChI=1S/C25H22N4O4/c30-22(14-18-8-3-1-4-9-18)29(23(31)15-19-10-5-2-6-11-19)21-17-27-28-24(21)25(32)26-16-20-12-7-13-33-20/h1-13,17H,14-16H2,(H,26,32)(H,27,28). The molecule has 8 nitrogen and oxygen atoms in total. The molecule has 0 atom stereocenters. The number of H-pyrrole nitrogens is 1. The topological polar surface area (TPSA) is 108 Å². The van der Waals surface area contributed by atoms with Gasteiger partial charge in [-0.1, -0.05) is 60.7 Å². The van der Waals surface area contributed by atoms with Crippen LogP contribution in [0.5, 0.6) is 0 Å². The lowest BCUT2D eigenvalue weighted by molar-refractivity contribution is -0.125. The summed E-state index contributed by atoms with van der Waals surface area (Å²) in [6.07, 6.45) is 2.89. The van der Waals surface area contributed by atoms with Crippen molar-refractivity contribution in [2.24, 2.45) is 0 Å². The maximum absolute atomic E-state index is 13.3. The predicted molar refractivity (Wildman–Crippen MR) is 121 cm³/mol. The largest absolute Gasteiger partial charge is 0.467 e. The summed E-state index contributed by atoms with van der Waals surface area (Å²) in [5.41, 5.74) is 1.57. The van der Waals surface area contributed by atoms with Crippen molar-refractivity contribution >= 4 is 23.4 Å². The molecule has 0 aliphatic rings. The highest BCUT2D eigenvalue weighted by molar-refractivity contribution is 6.18. The van der Waals surface area contributed by atoms with Crippen molar-refractivity contribution < 1.29 is 18.8 Å². The summed E-state index contributed by atoms with van der Waals surface area (Å²) in [5, 5.41) is 9.31. The predicted octanol–water partition coefficient (Wildman–Crippen LogP) is 3.28. The second-order valence-corrected chi connectivity index (χ2v) is 7.33. The Kier molecular flexibility index (Phi) is 6.75. The molecule has 2 aromatic heterocycles. The van der Waals surface area contributed by atoms with Crippen LogP contribution in [0.4, 0.5) is 5.69 Å². The van der Waals surface area contributed by atoms with Crippen LogP contribution >= 0.6 is 0 Å². The van der Waals surface area contributed by atoms with Crippen molar-refractivity contribution in [3.05, 3.63) is 108 Å². The Hall–Kier alpha value is -4.46. The Morgan fingerprint density at radius 1 is 0.848 bits per heavy atom. The minimum absolute atomic E-state index is 0.00000405. The highest BCUT2D eigenvalue weighted by Crippen LogP contribution is 2.21. The first kappa shape index (κ1) is 21.8. The van der Waals surface area contributed by atoms with Gasteiger partial charge in [-0.3, -0.25) is 19.5 Å². The molecule has 4 rings (SSSR count). The van der Waals surface area contributed by atoms with Gasteiger partial charge in [0.1, 0.15) is 11.4 Å². The first-order chi connectivity index (χ1) is 16.1. The molecule has 0 unspecified atom stereocenters. The third-order valence-electron chi connectivity index (χ3n) is 4.97. The number of imide groups is 1. The number of anilines is 1. The summed E-state index contributed by atoms with van der Waals surface area (Å²) in [6.45, 7) is 0.147. The van der Waals surface area contributed by atoms with Crippen molar-refractivity contribution in [1.29, 1.82) is 0 Å². The van der Waals surface area contributed by atoms with Gasteiger partial charge < -0.3 is 9.73 Å². The van der Waals surface area contributed by atoms with Crippen LogP contribution in [0.3, 0.4) is 0 Å². The summed E-state index contributed by atoms with van der Waals surface area (Å²) in [5.74, 6) is -0.877. The van der Waals surface area contributed by atoms with Gasteiger partial charge >= 0.3 is 0 Å². The number of amides is 3. The summed E-state index contributed by atoms with van der Waals surface area (Å²) >= 11 is 0. The van der Waals surface area contributed by atoms with E-state index in [0.29, 0.717) is 5.76 Å². The molecule has 166 valence electrons. The Bertz CT molecular complexity index is 1160. The zero-order chi connectivity index (χ0) is 23.0. The van der Waals surface area contributed by atoms with Gasteiger partial charge in [-0.05, 0) is 23.3 Å². The fraction of sp³-hybridized carbons (Fsp3) is 0.120. The summed E-state index contributed by atoms with van der Waals surface area (Å²) < 4.78 is 5.23. The van der Waals surface area contributed by atoms with Crippen molar-refractivity contribution in [3.8, 4) is 0 Å². The zero-order valence-electron chi connectivity index (χ0n) is 17.7. The number of carbonyl (C=O) groups excluding carboxylic acids is 3. The van der Waals surface area contributed by atoms with Gasteiger partial charge in [-0.2, -0.15) is 5.10 Å². The van der Waals surface area contributed by atoms with E-state index in [1.807, 2.05) is 60.7 Å². The fourth-order valence-corrected chi connectivity index (χ4v) is 3.39. The molecule has 33 heavy (non-hydrogen) atoms. The number of nitrogens with zero attached hydrogens (tertiary/aromatic N) is 2. The monoisotopic (exact) mass is 442 g/mol. The molecular formula is C25H22N4O4. The average Bonchev–Trinajstić information content (AvgIpc) is 3.51. The smallest absolute Gasteiger partial charge is 0.274 e. The SMILES string of the molecule is O=C(NCc1ccco1)c1n[nH]cc1N(C(=O)Cc1ccccc1)C(=O)Cc1ccccc1. The van der Waals surface area contributed by atoms with E-state index in [-0.39, 0.29) is 30.8 Å². The molecule has 8 heteroatoms. The minimum atomic E-state index is -0.535. The van der Waals surface area contributed by atoms with Gasteiger partial charge in [-0.15, -0.1) is 0 Å². The minimum Gasteiger partial charge on any atom is -0.467 e. The van der Waals surface area contributed by atoms with Crippen molar-refractivity contribution in [2.45, 2.75) is 19.4 Å². The fourth-order valence-electron chi connectivity index (χ4n) is 3.39. The second-order valence-electron chi connectivity index (χ2n) is 7.33. The Balaban J connectivity index is 1.60. The van der Waals surface area contributed by atoms with Crippen LogP contribution in [0.1, 0.15) is 27.4 Å². The maximum atomic E-state index is 13.3. The number of rotatable bonds is 8. The average molecular weight is 442 g/mol. The number of benzene rings is 2. The maximum Gasteiger partial charge on any atom is 0.274 e. The molecule has 0 saturated heterocycles. The normalized spacial score (nSPS) is 10.5. The number of aromatic amines is 1. The van der Waals surface area contributed by atoms with E-state index < -0.39 is 17.7 Å². The van der Waals surface area contributed by atoms with Crippen molar-refractivity contribution in [2.75, 3.05) is 4.90 Å². The molecule has 0 aliphatic carbocycles. The van der Waals surface area contributed by atoms with Gasteiger partial charge in [0.05, 0.1) is 25.6 Å². The molecule has 0 aliphatic heterocycles. The number of hydrogen-bond donors (Lipinski definition) is 2. The van der Waals surface area contributed by atoms with Gasteiger partial charge in [0, 0.05) is 6.20 Å². The first-order valence-corrected chi connectivity index (χ1v) is 10.4. The number of nitrogens with one attached hydrogen (secondary N) is 2. The van der Waals surface area contributed by atoms with Gasteiger partial charge in [-0.25, -0.2) is 4.90 Å². The quantitative estimate of drug-likeness (QED) is 0.435. The summed E-state index contributed by atoms with van der Waals surface area (Å²) in [4.78, 5) is 40.4. The highest BCUT2D eigenvalue weighted by atomic mass is 16.3. The van der Waals surface area contributed by atoms with Crippen molar-refractivity contribution in [3.63, 3.8) is 0 Å². The Morgan fingerprint density at radius 3 is 2.00 bits per heavy atom. The molecule has 0 bridgehead atoms. The molecule has 2 N–H and O–H groups in total. The van der Waals surface area contributed by atoms with Crippen LogP contribution in [-0.2, 0) is 29.0 Å². The van der Waals surface area contributed by atoms with E-state index >= 15 is 0 Å². The third kappa shape index (κ3) is 5.43. The number of hydrogen-bond acceptors (Lipinski definition) is 5. The van der Waals surface area contributed by atoms with Crippen LogP contribution < -0.4 is 10.2 Å². The molecule has 0 radical (unpaired) electrons. The first-order valence-electron chi connectivity index (χ1n) is 10.4. The Labute approximate surface area is 190 Å². The van der Waals surface area contributed by atoms with E-state index in [0.717, 1.165) is 16.0 Å². The van der Waals surface area contributed by atoms with Crippen LogP contribution in [0.2, 0.25) is 0 Å². The number of carbonyl (C=O) groups is 3. The molecule has 0 spiro atoms. The Morgan fingerprint density at radius 2 is 1.45 bits per heavy atom. The van der Waals surface area contributed by atoms with E-state index in [4.69, 9.17) is 4.42 Å². The molecule has 2 heterocycles. The van der Waals surface area contributed by atoms with Crippen LogP contribution in [0.25, 0.3) is 0 Å². The van der Waals surface area contributed by atoms with E-state index in [9.17, 15) is 14.4 Å². The third-order valence-corrected chi connectivity index (χ3v) is 4.97. The highest BCUT2D eigenvalue weighted by Gasteiger charge is 2.29. The van der Waals surface area contributed by atoms with Gasteiger partial charge in [0.25, 0.3) is 5.91 Å². The molecule has 3 amide bonds. The van der Waals surface area contributed by atoms with Crippen LogP contribution in [-0.4, -0.2) is 27.9 Å². The van der Waals surface area contributed by atoms with E-state index in [1.54, 1.807) is 12.1 Å². The van der Waals surface area contributed by atoms with Crippen LogP contribution in [0.15, 0.2) is 89.7 Å². The molecule has 0 fully saturated rings. The number of aromatic nitrogens is 2. The summed E-state index contributed by atoms with van der Waals surface area (Å²) in [7, 11) is 0. The lowest BCUT2D eigenvalue weighted by atomic mass is 10.1. The lowest BCUT2D eigenvalue weighted by Gasteiger charge is -2.21. The molecule has 0 saturated carbocycles. The van der Waals surface area contributed by atoms with E-state index in [1.165, 1.54) is 12.5 Å². The second kappa shape index (κ2) is 10.2. The van der Waals surface area contributed by atoms with Gasteiger partial charge in [0.2, 0.25) is 11.8 Å². The lowest BCUT2D eigenvalue weighted by Crippen LogP contribution is -2.40.